The summed E-state index contributed by atoms with van der Waals surface area (Å²) in [5.41, 5.74) is -0.0159. The Morgan fingerprint density at radius 3 is 1.37 bits per heavy atom. The van der Waals surface area contributed by atoms with Gasteiger partial charge in [0, 0.05) is 21.9 Å². The Morgan fingerprint density at radius 2 is 1.11 bits per heavy atom. The van der Waals surface area contributed by atoms with Crippen LogP contribution in [0.4, 0.5) is 5.69 Å². The smallest absolute Gasteiger partial charge is 0.269 e. The van der Waals surface area contributed by atoms with Gasteiger partial charge in [-0.2, -0.15) is 0 Å². The van der Waals surface area contributed by atoms with E-state index in [-0.39, 0.29) is 17.6 Å². The van der Waals surface area contributed by atoms with Gasteiger partial charge in [-0.05, 0) is 48.9 Å². The molecule has 0 unspecified atom stereocenters. The van der Waals surface area contributed by atoms with Crippen molar-refractivity contribution in [3.8, 4) is 5.75 Å². The quantitative estimate of drug-likeness (QED) is 0.303. The number of nitro benzene ring substituents is 1. The fourth-order valence-corrected chi connectivity index (χ4v) is 2.55. The van der Waals surface area contributed by atoms with Gasteiger partial charge in [-0.3, -0.25) is 10.1 Å². The molecule has 0 aliphatic carbocycles. The zero-order valence-corrected chi connectivity index (χ0v) is 17.0. The van der Waals surface area contributed by atoms with Crippen LogP contribution in [0.25, 0.3) is 0 Å². The lowest BCUT2D eigenvalue weighted by Crippen LogP contribution is -1.85. The summed E-state index contributed by atoms with van der Waals surface area (Å²) in [5.74, 6) is 0.0330. The monoisotopic (exact) mass is 404 g/mol. The largest absolute Gasteiger partial charge is 0.508 e. The average molecular weight is 405 g/mol. The summed E-state index contributed by atoms with van der Waals surface area (Å²) >= 11 is 3.54. The highest BCUT2D eigenvalue weighted by Crippen LogP contribution is 2.15. The van der Waals surface area contributed by atoms with Crippen molar-refractivity contribution >= 4 is 29.2 Å². The Bertz CT molecular complexity index is 716. The second-order valence-electron chi connectivity index (χ2n) is 4.81. The summed E-state index contributed by atoms with van der Waals surface area (Å²) in [4.78, 5) is 12.2. The minimum atomic E-state index is -0.514. The lowest BCUT2D eigenvalue weighted by molar-refractivity contribution is -0.384. The average Bonchev–Trinajstić information content (AvgIpc) is 2.70. The van der Waals surface area contributed by atoms with Gasteiger partial charge in [0.1, 0.15) is 5.75 Å². The van der Waals surface area contributed by atoms with Gasteiger partial charge in [-0.25, -0.2) is 0 Å². The zero-order valence-electron chi connectivity index (χ0n) is 15.3. The highest BCUT2D eigenvalue weighted by Gasteiger charge is 2.01. The van der Waals surface area contributed by atoms with E-state index in [9.17, 15) is 10.1 Å². The molecule has 0 amide bonds. The van der Waals surface area contributed by atoms with Crippen molar-refractivity contribution in [2.75, 3.05) is 12.5 Å². The molecule has 0 heterocycles. The fourth-order valence-electron chi connectivity index (χ4n) is 1.69. The first kappa shape index (κ1) is 24.5. The van der Waals surface area contributed by atoms with Crippen molar-refractivity contribution in [2.45, 2.75) is 9.79 Å². The van der Waals surface area contributed by atoms with Crippen LogP contribution < -0.4 is 6.15 Å². The fraction of sp³-hybridized carbons (Fsp3) is 0.100. The molecule has 27 heavy (non-hydrogen) atoms. The summed E-state index contributed by atoms with van der Waals surface area (Å²) in [5, 5.41) is 18.8. The van der Waals surface area contributed by atoms with E-state index < -0.39 is 4.92 Å². The minimum absolute atomic E-state index is 0. The number of non-ortho nitro benzene ring substituents is 1. The number of hydrogen-bond donors (Lipinski definition) is 2. The maximum atomic E-state index is 10.0. The SMILES string of the molecule is CSc1ccccc1.CSc1ccccc1.N.O=[N+]([O-])c1ccc(O)cc1. The van der Waals surface area contributed by atoms with Crippen molar-refractivity contribution in [2.24, 2.45) is 0 Å². The Hall–Kier alpha value is -2.48. The topological polar surface area (TPSA) is 98.4 Å². The number of aromatic hydroxyl groups is 1. The van der Waals surface area contributed by atoms with E-state index in [0.717, 1.165) is 0 Å². The molecular formula is C20H24N2O3S2. The van der Waals surface area contributed by atoms with Crippen LogP contribution in [0.15, 0.2) is 94.7 Å². The van der Waals surface area contributed by atoms with Crippen LogP contribution in [0.3, 0.4) is 0 Å². The number of phenolic OH excluding ortho intramolecular Hbond substituents is 1. The predicted octanol–water partition coefficient (Wildman–Crippen LogP) is 6.28. The van der Waals surface area contributed by atoms with Crippen LogP contribution in [0.1, 0.15) is 0 Å². The van der Waals surface area contributed by atoms with Gasteiger partial charge in [0.15, 0.2) is 0 Å². The van der Waals surface area contributed by atoms with Gasteiger partial charge in [0.25, 0.3) is 5.69 Å². The second-order valence-corrected chi connectivity index (χ2v) is 6.57. The third-order valence-electron chi connectivity index (χ3n) is 3.02. The summed E-state index contributed by atoms with van der Waals surface area (Å²) in [7, 11) is 0. The van der Waals surface area contributed by atoms with E-state index in [2.05, 4.69) is 36.8 Å². The highest BCUT2D eigenvalue weighted by molar-refractivity contribution is 7.98. The summed E-state index contributed by atoms with van der Waals surface area (Å²) in [6.07, 6.45) is 4.16. The molecule has 3 aromatic carbocycles. The number of nitro groups is 1. The first-order valence-electron chi connectivity index (χ1n) is 7.68. The second kappa shape index (κ2) is 14.7. The van der Waals surface area contributed by atoms with E-state index >= 15 is 0 Å². The third kappa shape index (κ3) is 11.0. The number of hydrogen-bond acceptors (Lipinski definition) is 6. The maximum Gasteiger partial charge on any atom is 0.269 e. The van der Waals surface area contributed by atoms with Crippen molar-refractivity contribution in [3.05, 3.63) is 95.0 Å². The van der Waals surface area contributed by atoms with Crippen molar-refractivity contribution in [3.63, 3.8) is 0 Å². The van der Waals surface area contributed by atoms with E-state index in [1.54, 1.807) is 23.5 Å². The van der Waals surface area contributed by atoms with Crippen LogP contribution in [-0.2, 0) is 0 Å². The van der Waals surface area contributed by atoms with Crippen molar-refractivity contribution in [1.29, 1.82) is 0 Å². The van der Waals surface area contributed by atoms with Crippen molar-refractivity contribution < 1.29 is 10.0 Å². The molecule has 0 saturated carbocycles. The Labute approximate surface area is 168 Å². The van der Waals surface area contributed by atoms with Gasteiger partial charge in [-0.15, -0.1) is 23.5 Å². The van der Waals surface area contributed by atoms with Crippen molar-refractivity contribution in [1.82, 2.24) is 6.15 Å². The molecule has 0 spiro atoms. The van der Waals surface area contributed by atoms with Gasteiger partial charge in [0.05, 0.1) is 4.92 Å². The van der Waals surface area contributed by atoms with Crippen LogP contribution >= 0.6 is 23.5 Å². The molecule has 3 rings (SSSR count). The number of phenols is 1. The predicted molar refractivity (Wildman–Crippen MR) is 116 cm³/mol. The van der Waals surface area contributed by atoms with Gasteiger partial charge in [0.2, 0.25) is 0 Å². The molecule has 0 fully saturated rings. The van der Waals surface area contributed by atoms with Crippen LogP contribution in [0.2, 0.25) is 0 Å². The van der Waals surface area contributed by atoms with Gasteiger partial charge >= 0.3 is 0 Å². The van der Waals surface area contributed by atoms with E-state index in [1.807, 2.05) is 36.4 Å². The molecule has 4 N–H and O–H groups in total. The number of thioether (sulfide) groups is 2. The first-order valence-corrected chi connectivity index (χ1v) is 10.1. The van der Waals surface area contributed by atoms with Gasteiger partial charge in [-0.1, -0.05) is 36.4 Å². The van der Waals surface area contributed by atoms with Crippen LogP contribution in [-0.4, -0.2) is 22.5 Å². The normalized spacial score (nSPS) is 8.81. The van der Waals surface area contributed by atoms with Gasteiger partial charge < -0.3 is 11.3 Å². The lowest BCUT2D eigenvalue weighted by atomic mass is 10.3. The molecule has 0 saturated heterocycles. The Balaban J connectivity index is 0.000000372. The number of rotatable bonds is 3. The molecule has 0 aliphatic heterocycles. The molecule has 7 heteroatoms. The molecule has 0 radical (unpaired) electrons. The molecular weight excluding hydrogens is 380 g/mol. The molecule has 0 atom stereocenters. The van der Waals surface area contributed by atoms with E-state index in [4.69, 9.17) is 5.11 Å². The van der Waals surface area contributed by atoms with Crippen LogP contribution in [0, 0.1) is 10.1 Å². The highest BCUT2D eigenvalue weighted by atomic mass is 32.2. The molecule has 5 nitrogen and oxygen atoms in total. The Kier molecular flexibility index (Phi) is 13.3. The molecule has 144 valence electrons. The maximum absolute atomic E-state index is 10.0. The summed E-state index contributed by atoms with van der Waals surface area (Å²) in [6, 6.07) is 25.7. The summed E-state index contributed by atoms with van der Waals surface area (Å²) < 4.78 is 0. The lowest BCUT2D eigenvalue weighted by Gasteiger charge is -1.89. The first-order chi connectivity index (χ1) is 12.6. The summed E-state index contributed by atoms with van der Waals surface area (Å²) in [6.45, 7) is 0. The minimum Gasteiger partial charge on any atom is -0.508 e. The van der Waals surface area contributed by atoms with E-state index in [1.165, 1.54) is 34.1 Å². The molecule has 3 aromatic rings. The number of nitrogens with zero attached hydrogens (tertiary/aromatic N) is 1. The zero-order chi connectivity index (χ0) is 19.2. The van der Waals surface area contributed by atoms with Crippen LogP contribution in [0.5, 0.6) is 5.75 Å². The molecule has 0 aromatic heterocycles. The molecule has 0 aliphatic rings. The third-order valence-corrected chi connectivity index (χ3v) is 4.51. The molecule has 0 bridgehead atoms. The van der Waals surface area contributed by atoms with E-state index in [0.29, 0.717) is 0 Å². The number of benzene rings is 3. The Morgan fingerprint density at radius 1 is 0.741 bits per heavy atom. The standard InChI is InChI=1S/2C7H8S.C6H5NO3.H3N/c2*1-8-7-5-3-2-4-6-7;8-6-3-1-5(2-4-6)7(9)10;/h2*2-6H,1H3;1-4,8H;1H3.